The van der Waals surface area contributed by atoms with Gasteiger partial charge in [0.2, 0.25) is 0 Å². The minimum atomic E-state index is 0.179. The summed E-state index contributed by atoms with van der Waals surface area (Å²) in [6.07, 6.45) is 3.32. The van der Waals surface area contributed by atoms with E-state index in [0.29, 0.717) is 6.04 Å². The van der Waals surface area contributed by atoms with Crippen LogP contribution < -0.4 is 0 Å². The van der Waals surface area contributed by atoms with Gasteiger partial charge < -0.3 is 4.90 Å². The number of amides is 1. The standard InChI is InChI=1S/C21H24N2O/c24-21(18-7-2-1-3-8-18)22-14-11-20(12-15-22)23-13-10-17-6-4-5-9-19(17)16-23/h1-9,20H,10-16H2. The van der Waals surface area contributed by atoms with Gasteiger partial charge in [0.15, 0.2) is 0 Å². The van der Waals surface area contributed by atoms with Crippen molar-refractivity contribution in [1.82, 2.24) is 9.80 Å². The summed E-state index contributed by atoms with van der Waals surface area (Å²) >= 11 is 0. The fourth-order valence-electron chi connectivity index (χ4n) is 4.03. The molecule has 0 atom stereocenters. The fourth-order valence-corrected chi connectivity index (χ4v) is 4.03. The number of piperidine rings is 1. The Labute approximate surface area is 143 Å². The van der Waals surface area contributed by atoms with Crippen LogP contribution in [0.15, 0.2) is 54.6 Å². The van der Waals surface area contributed by atoms with Gasteiger partial charge in [-0.05, 0) is 42.5 Å². The molecule has 124 valence electrons. The number of benzene rings is 2. The molecule has 0 aliphatic carbocycles. The molecule has 2 aliphatic rings. The molecule has 2 aromatic carbocycles. The maximum Gasteiger partial charge on any atom is 0.253 e. The van der Waals surface area contributed by atoms with E-state index in [-0.39, 0.29) is 5.91 Å². The van der Waals surface area contributed by atoms with Crippen LogP contribution in [0.5, 0.6) is 0 Å². The number of nitrogens with zero attached hydrogens (tertiary/aromatic N) is 2. The van der Waals surface area contributed by atoms with Gasteiger partial charge >= 0.3 is 0 Å². The average Bonchev–Trinajstić information content (AvgIpc) is 2.68. The van der Waals surface area contributed by atoms with Crippen molar-refractivity contribution in [2.45, 2.75) is 31.8 Å². The first-order chi connectivity index (χ1) is 11.8. The first-order valence-electron chi connectivity index (χ1n) is 8.96. The summed E-state index contributed by atoms with van der Waals surface area (Å²) in [5.74, 6) is 0.179. The van der Waals surface area contributed by atoms with Gasteiger partial charge in [-0.2, -0.15) is 0 Å². The van der Waals surface area contributed by atoms with Crippen molar-refractivity contribution in [1.29, 1.82) is 0 Å². The second-order valence-electron chi connectivity index (χ2n) is 6.88. The summed E-state index contributed by atoms with van der Waals surface area (Å²) in [6.45, 7) is 3.95. The Morgan fingerprint density at radius 1 is 0.833 bits per heavy atom. The number of likely N-dealkylation sites (tertiary alicyclic amines) is 1. The zero-order chi connectivity index (χ0) is 16.4. The summed E-state index contributed by atoms with van der Waals surface area (Å²) in [4.78, 5) is 17.2. The van der Waals surface area contributed by atoms with E-state index in [1.54, 1.807) is 0 Å². The van der Waals surface area contributed by atoms with Gasteiger partial charge in [-0.1, -0.05) is 42.5 Å². The quantitative estimate of drug-likeness (QED) is 0.847. The molecule has 2 aromatic rings. The normalized spacial score (nSPS) is 19.1. The zero-order valence-corrected chi connectivity index (χ0v) is 14.0. The number of carbonyl (C=O) groups is 1. The minimum Gasteiger partial charge on any atom is -0.339 e. The Bertz CT molecular complexity index is 705. The molecule has 24 heavy (non-hydrogen) atoms. The third-order valence-electron chi connectivity index (χ3n) is 5.45. The second-order valence-corrected chi connectivity index (χ2v) is 6.88. The van der Waals surface area contributed by atoms with Crippen LogP contribution in [0.4, 0.5) is 0 Å². The van der Waals surface area contributed by atoms with Crippen molar-refractivity contribution in [2.24, 2.45) is 0 Å². The van der Waals surface area contributed by atoms with Crippen molar-refractivity contribution in [3.8, 4) is 0 Å². The molecule has 0 bridgehead atoms. The highest BCUT2D eigenvalue weighted by molar-refractivity contribution is 5.94. The highest BCUT2D eigenvalue weighted by atomic mass is 16.2. The fraction of sp³-hybridized carbons (Fsp3) is 0.381. The third kappa shape index (κ3) is 3.09. The molecule has 3 nitrogen and oxygen atoms in total. The molecule has 3 heteroatoms. The molecule has 2 aliphatic heterocycles. The second kappa shape index (κ2) is 6.78. The van der Waals surface area contributed by atoms with E-state index >= 15 is 0 Å². The number of carbonyl (C=O) groups excluding carboxylic acids is 1. The Balaban J connectivity index is 1.36. The van der Waals surface area contributed by atoms with Gasteiger partial charge in [0.05, 0.1) is 0 Å². The molecule has 0 aromatic heterocycles. The number of hydrogen-bond donors (Lipinski definition) is 0. The molecule has 0 radical (unpaired) electrons. The Morgan fingerprint density at radius 3 is 2.25 bits per heavy atom. The first-order valence-corrected chi connectivity index (χ1v) is 8.96. The van der Waals surface area contributed by atoms with Crippen LogP contribution >= 0.6 is 0 Å². The lowest BCUT2D eigenvalue weighted by Gasteiger charge is -2.40. The molecule has 1 fully saturated rings. The van der Waals surface area contributed by atoms with Gasteiger partial charge in [0.1, 0.15) is 0 Å². The molecule has 0 unspecified atom stereocenters. The van der Waals surface area contributed by atoms with Crippen LogP contribution in [0.2, 0.25) is 0 Å². The van der Waals surface area contributed by atoms with E-state index < -0.39 is 0 Å². The summed E-state index contributed by atoms with van der Waals surface area (Å²) in [5.41, 5.74) is 3.79. The highest BCUT2D eigenvalue weighted by Gasteiger charge is 2.29. The third-order valence-corrected chi connectivity index (χ3v) is 5.45. The van der Waals surface area contributed by atoms with E-state index in [4.69, 9.17) is 0 Å². The van der Waals surface area contributed by atoms with Crippen LogP contribution in [-0.4, -0.2) is 41.4 Å². The number of hydrogen-bond acceptors (Lipinski definition) is 2. The lowest BCUT2D eigenvalue weighted by molar-refractivity contribution is 0.0599. The largest absolute Gasteiger partial charge is 0.339 e. The molecule has 0 N–H and O–H groups in total. The Morgan fingerprint density at radius 2 is 1.50 bits per heavy atom. The van der Waals surface area contributed by atoms with Crippen LogP contribution in [0, 0.1) is 0 Å². The topological polar surface area (TPSA) is 23.6 Å². The number of fused-ring (bicyclic) bond motifs is 1. The summed E-state index contributed by atoms with van der Waals surface area (Å²) in [5, 5.41) is 0. The molecule has 0 spiro atoms. The van der Waals surface area contributed by atoms with Gasteiger partial charge in [0, 0.05) is 37.8 Å². The van der Waals surface area contributed by atoms with E-state index in [2.05, 4.69) is 29.2 Å². The van der Waals surface area contributed by atoms with Crippen LogP contribution in [0.25, 0.3) is 0 Å². The first kappa shape index (κ1) is 15.4. The summed E-state index contributed by atoms with van der Waals surface area (Å²) in [7, 11) is 0. The van der Waals surface area contributed by atoms with Gasteiger partial charge in [0.25, 0.3) is 5.91 Å². The van der Waals surface area contributed by atoms with E-state index in [1.807, 2.05) is 35.2 Å². The minimum absolute atomic E-state index is 0.179. The SMILES string of the molecule is O=C(c1ccccc1)N1CCC(N2CCc3ccccc3C2)CC1. The summed E-state index contributed by atoms with van der Waals surface area (Å²) in [6, 6.07) is 19.1. The monoisotopic (exact) mass is 320 g/mol. The Hall–Kier alpha value is -2.13. The van der Waals surface area contributed by atoms with Crippen molar-refractivity contribution < 1.29 is 4.79 Å². The van der Waals surface area contributed by atoms with Gasteiger partial charge in [-0.3, -0.25) is 9.69 Å². The predicted octanol–water partition coefficient (Wildman–Crippen LogP) is 3.35. The van der Waals surface area contributed by atoms with Crippen molar-refractivity contribution in [3.05, 3.63) is 71.3 Å². The van der Waals surface area contributed by atoms with Crippen molar-refractivity contribution in [2.75, 3.05) is 19.6 Å². The van der Waals surface area contributed by atoms with E-state index in [9.17, 15) is 4.79 Å². The zero-order valence-electron chi connectivity index (χ0n) is 14.0. The molecule has 0 saturated carbocycles. The molecular formula is C21H24N2O. The molecule has 1 saturated heterocycles. The highest BCUT2D eigenvalue weighted by Crippen LogP contribution is 2.25. The maximum absolute atomic E-state index is 12.6. The van der Waals surface area contributed by atoms with E-state index in [1.165, 1.54) is 11.1 Å². The van der Waals surface area contributed by atoms with Crippen molar-refractivity contribution >= 4 is 5.91 Å². The van der Waals surface area contributed by atoms with Crippen LogP contribution in [-0.2, 0) is 13.0 Å². The maximum atomic E-state index is 12.6. The van der Waals surface area contributed by atoms with Gasteiger partial charge in [-0.15, -0.1) is 0 Å². The van der Waals surface area contributed by atoms with Gasteiger partial charge in [-0.25, -0.2) is 0 Å². The molecule has 4 rings (SSSR count). The average molecular weight is 320 g/mol. The van der Waals surface area contributed by atoms with Crippen LogP contribution in [0.1, 0.15) is 34.3 Å². The Kier molecular flexibility index (Phi) is 4.35. The van der Waals surface area contributed by atoms with Crippen LogP contribution in [0.3, 0.4) is 0 Å². The lowest BCUT2D eigenvalue weighted by Crippen LogP contribution is -2.48. The number of rotatable bonds is 2. The van der Waals surface area contributed by atoms with Crippen molar-refractivity contribution in [3.63, 3.8) is 0 Å². The molecule has 1 amide bonds. The summed E-state index contributed by atoms with van der Waals surface area (Å²) < 4.78 is 0. The predicted molar refractivity (Wildman–Crippen MR) is 95.9 cm³/mol. The molecular weight excluding hydrogens is 296 g/mol. The molecule has 2 heterocycles. The lowest BCUT2D eigenvalue weighted by atomic mass is 9.95. The van der Waals surface area contributed by atoms with E-state index in [0.717, 1.165) is 51.0 Å². The smallest absolute Gasteiger partial charge is 0.253 e.